The average molecular weight is 316 g/mol. The number of carbonyl (C=O) groups excluding carboxylic acids is 2. The molecule has 1 atom stereocenters. The molecule has 2 N–H and O–H groups in total. The molecule has 23 heavy (non-hydrogen) atoms. The first-order chi connectivity index (χ1) is 11.2. The van der Waals surface area contributed by atoms with E-state index in [9.17, 15) is 9.59 Å². The number of aromatic nitrogens is 2. The summed E-state index contributed by atoms with van der Waals surface area (Å²) in [6.07, 6.45) is 4.34. The Labute approximate surface area is 134 Å². The van der Waals surface area contributed by atoms with Gasteiger partial charge in [-0.15, -0.1) is 0 Å². The van der Waals surface area contributed by atoms with Crippen LogP contribution in [0.3, 0.4) is 0 Å². The summed E-state index contributed by atoms with van der Waals surface area (Å²) in [4.78, 5) is 36.4. The molecule has 2 saturated heterocycles. The Morgan fingerprint density at radius 1 is 1.13 bits per heavy atom. The van der Waals surface area contributed by atoms with Crippen LogP contribution in [0.5, 0.6) is 0 Å². The van der Waals surface area contributed by atoms with Gasteiger partial charge in [-0.05, 0) is 18.9 Å². The third-order valence-corrected chi connectivity index (χ3v) is 4.61. The fraction of sp³-hybridized carbons (Fsp3) is 0.600. The Kier molecular flexibility index (Phi) is 3.60. The molecule has 122 valence electrons. The highest BCUT2D eigenvalue weighted by Gasteiger charge is 2.31. The number of anilines is 1. The second-order valence-electron chi connectivity index (χ2n) is 6.31. The Hall–Kier alpha value is -2.22. The van der Waals surface area contributed by atoms with Gasteiger partial charge in [0.2, 0.25) is 5.91 Å². The highest BCUT2D eigenvalue weighted by atomic mass is 16.2. The lowest BCUT2D eigenvalue weighted by Gasteiger charge is -2.40. The molecule has 1 aromatic heterocycles. The molecule has 0 spiro atoms. The molecule has 4 rings (SSSR count). The summed E-state index contributed by atoms with van der Waals surface area (Å²) in [5.74, 6) is 2.27. The number of carbonyl (C=O) groups is 2. The van der Waals surface area contributed by atoms with Crippen molar-refractivity contribution in [3.05, 3.63) is 18.1 Å². The minimum atomic E-state index is -0.404. The highest BCUT2D eigenvalue weighted by Crippen LogP contribution is 2.38. The van der Waals surface area contributed by atoms with E-state index in [0.717, 1.165) is 37.8 Å². The molecule has 1 saturated carbocycles. The van der Waals surface area contributed by atoms with Gasteiger partial charge in [-0.25, -0.2) is 14.8 Å². The summed E-state index contributed by atoms with van der Waals surface area (Å²) in [7, 11) is 0. The van der Waals surface area contributed by atoms with Crippen LogP contribution in [0.2, 0.25) is 0 Å². The maximum absolute atomic E-state index is 11.5. The zero-order chi connectivity index (χ0) is 15.8. The van der Waals surface area contributed by atoms with E-state index in [2.05, 4.69) is 30.4 Å². The molecule has 8 nitrogen and oxygen atoms in total. The molecule has 0 bridgehead atoms. The molecule has 3 amide bonds. The lowest BCUT2D eigenvalue weighted by molar-refractivity contribution is -0.122. The van der Waals surface area contributed by atoms with E-state index in [4.69, 9.17) is 0 Å². The first-order valence-electron chi connectivity index (χ1n) is 8.11. The Balaban J connectivity index is 1.38. The van der Waals surface area contributed by atoms with Crippen LogP contribution in [0.15, 0.2) is 12.3 Å². The average Bonchev–Trinajstić information content (AvgIpc) is 3.39. The third kappa shape index (κ3) is 3.12. The molecule has 1 unspecified atom stereocenters. The summed E-state index contributed by atoms with van der Waals surface area (Å²) < 4.78 is 0. The summed E-state index contributed by atoms with van der Waals surface area (Å²) in [6, 6.07) is 1.55. The zero-order valence-electron chi connectivity index (χ0n) is 12.9. The van der Waals surface area contributed by atoms with Crippen molar-refractivity contribution < 1.29 is 9.59 Å². The van der Waals surface area contributed by atoms with E-state index in [1.165, 1.54) is 12.8 Å². The van der Waals surface area contributed by atoms with Crippen molar-refractivity contribution in [1.82, 2.24) is 25.5 Å². The van der Waals surface area contributed by atoms with Crippen LogP contribution < -0.4 is 15.5 Å². The number of nitrogens with one attached hydrogen (secondary N) is 2. The maximum Gasteiger partial charge on any atom is 0.322 e. The zero-order valence-corrected chi connectivity index (χ0v) is 12.9. The van der Waals surface area contributed by atoms with E-state index in [1.54, 1.807) is 0 Å². The molecule has 3 heterocycles. The number of nitrogens with zero attached hydrogens (tertiary/aromatic N) is 4. The molecule has 3 fully saturated rings. The standard InChI is InChI=1S/C15H20N6O2/c22-13-9-12(18-15(23)19-13)21-7-5-20(6-8-21)11-3-4-16-14(17-11)10-1-2-10/h3-4,10,12H,1-2,5-9H2,(H2,18,19,22,23). The minimum Gasteiger partial charge on any atom is -0.354 e. The van der Waals surface area contributed by atoms with Crippen molar-refractivity contribution in [1.29, 1.82) is 0 Å². The predicted molar refractivity (Wildman–Crippen MR) is 82.9 cm³/mol. The van der Waals surface area contributed by atoms with E-state index >= 15 is 0 Å². The van der Waals surface area contributed by atoms with Crippen LogP contribution >= 0.6 is 0 Å². The van der Waals surface area contributed by atoms with Gasteiger partial charge in [0.05, 0.1) is 12.6 Å². The first-order valence-corrected chi connectivity index (χ1v) is 8.11. The Morgan fingerprint density at radius 2 is 1.91 bits per heavy atom. The SMILES string of the molecule is O=C1CC(N2CCN(c3ccnc(C4CC4)n3)CC2)NC(=O)N1. The van der Waals surface area contributed by atoms with E-state index in [0.29, 0.717) is 12.3 Å². The van der Waals surface area contributed by atoms with Crippen LogP contribution in [0.25, 0.3) is 0 Å². The van der Waals surface area contributed by atoms with Crippen LogP contribution in [0.4, 0.5) is 10.6 Å². The topological polar surface area (TPSA) is 90.5 Å². The summed E-state index contributed by atoms with van der Waals surface area (Å²) in [5.41, 5.74) is 0. The van der Waals surface area contributed by atoms with Crippen molar-refractivity contribution in [2.45, 2.75) is 31.3 Å². The van der Waals surface area contributed by atoms with E-state index in [1.807, 2.05) is 12.3 Å². The van der Waals surface area contributed by atoms with Gasteiger partial charge in [0.25, 0.3) is 0 Å². The van der Waals surface area contributed by atoms with E-state index < -0.39 is 6.03 Å². The number of imide groups is 1. The second kappa shape index (κ2) is 5.77. The van der Waals surface area contributed by atoms with Gasteiger partial charge in [0.15, 0.2) is 0 Å². The number of rotatable bonds is 3. The summed E-state index contributed by atoms with van der Waals surface area (Å²) >= 11 is 0. The van der Waals surface area contributed by atoms with Crippen LogP contribution in [-0.4, -0.2) is 59.2 Å². The number of piperazine rings is 1. The third-order valence-electron chi connectivity index (χ3n) is 4.61. The predicted octanol–water partition coefficient (Wildman–Crippen LogP) is 0.0316. The number of amides is 3. The van der Waals surface area contributed by atoms with Crippen molar-refractivity contribution in [2.75, 3.05) is 31.1 Å². The largest absolute Gasteiger partial charge is 0.354 e. The van der Waals surface area contributed by atoms with Crippen molar-refractivity contribution in [3.8, 4) is 0 Å². The van der Waals surface area contributed by atoms with Crippen molar-refractivity contribution in [2.24, 2.45) is 0 Å². The smallest absolute Gasteiger partial charge is 0.322 e. The molecular formula is C15H20N6O2. The van der Waals surface area contributed by atoms with Gasteiger partial charge in [0, 0.05) is 38.3 Å². The fourth-order valence-corrected chi connectivity index (χ4v) is 3.15. The minimum absolute atomic E-state index is 0.203. The summed E-state index contributed by atoms with van der Waals surface area (Å²) in [5, 5.41) is 5.08. The maximum atomic E-state index is 11.5. The number of hydrogen-bond acceptors (Lipinski definition) is 6. The van der Waals surface area contributed by atoms with Gasteiger partial charge in [0.1, 0.15) is 11.6 Å². The molecule has 1 aromatic rings. The molecular weight excluding hydrogens is 296 g/mol. The molecule has 0 radical (unpaired) electrons. The number of hydrogen-bond donors (Lipinski definition) is 2. The van der Waals surface area contributed by atoms with Gasteiger partial charge >= 0.3 is 6.03 Å². The molecule has 3 aliphatic rings. The second-order valence-corrected chi connectivity index (χ2v) is 6.31. The van der Waals surface area contributed by atoms with Crippen LogP contribution in [0, 0.1) is 0 Å². The van der Waals surface area contributed by atoms with Gasteiger partial charge in [-0.2, -0.15) is 0 Å². The van der Waals surface area contributed by atoms with E-state index in [-0.39, 0.29) is 12.1 Å². The van der Waals surface area contributed by atoms with Crippen LogP contribution in [-0.2, 0) is 4.79 Å². The van der Waals surface area contributed by atoms with Gasteiger partial charge < -0.3 is 10.2 Å². The van der Waals surface area contributed by atoms with Gasteiger partial charge in [-0.1, -0.05) is 0 Å². The fourth-order valence-electron chi connectivity index (χ4n) is 3.15. The monoisotopic (exact) mass is 316 g/mol. The Morgan fingerprint density at radius 3 is 2.61 bits per heavy atom. The molecule has 1 aliphatic carbocycles. The first kappa shape index (κ1) is 14.4. The van der Waals surface area contributed by atoms with Gasteiger partial charge in [-0.3, -0.25) is 15.0 Å². The normalized spacial score (nSPS) is 25.9. The quantitative estimate of drug-likeness (QED) is 0.818. The van der Waals surface area contributed by atoms with Crippen LogP contribution in [0.1, 0.15) is 31.0 Å². The highest BCUT2D eigenvalue weighted by molar-refractivity contribution is 5.97. The van der Waals surface area contributed by atoms with Crippen molar-refractivity contribution in [3.63, 3.8) is 0 Å². The molecule has 2 aliphatic heterocycles. The Bertz CT molecular complexity index is 608. The lowest BCUT2D eigenvalue weighted by Crippen LogP contribution is -2.62. The summed E-state index contributed by atoms with van der Waals surface area (Å²) in [6.45, 7) is 3.24. The van der Waals surface area contributed by atoms with Crippen molar-refractivity contribution >= 4 is 17.8 Å². The number of urea groups is 1. The molecule has 0 aromatic carbocycles. The molecule has 8 heteroatoms. The lowest BCUT2D eigenvalue weighted by atomic mass is 10.2.